The van der Waals surface area contributed by atoms with Crippen molar-refractivity contribution in [1.82, 2.24) is 0 Å². The molecule has 63 heavy (non-hydrogen) atoms. The van der Waals surface area contributed by atoms with Crippen molar-refractivity contribution in [2.75, 3.05) is 33.9 Å². The second-order valence-electron chi connectivity index (χ2n) is 18.5. The van der Waals surface area contributed by atoms with Gasteiger partial charge in [0.15, 0.2) is 18.2 Å². The van der Waals surface area contributed by atoms with E-state index in [-0.39, 0.29) is 36.9 Å². The fraction of sp³-hybridized carbons (Fsp3) is 0.846. The molecule has 0 aromatic heterocycles. The molecule has 2 unspecified atom stereocenters. The highest BCUT2D eigenvalue weighted by Crippen LogP contribution is 2.50. The van der Waals surface area contributed by atoms with Crippen LogP contribution in [0.3, 0.4) is 0 Å². The van der Waals surface area contributed by atoms with Gasteiger partial charge in [0.1, 0.15) is 6.61 Å². The first kappa shape index (κ1) is 61.2. The molecular formula is C52H99NO9P+. The number of hydrogen-bond acceptors (Lipinski definition) is 8. The molecule has 11 heteroatoms. The van der Waals surface area contributed by atoms with Crippen LogP contribution in [0.5, 0.6) is 0 Å². The SMILES string of the molecule is CCCCCCC/C=C\CCCCCCCCCC/C=C\CCCCC(=O)OC[C@H](COP(=O)(O)C(C)[N+](C)(C)CCC(O)O)OC(=O)CCCC/C=C\CCCCCCCCC. The summed E-state index contributed by atoms with van der Waals surface area (Å²) in [5.74, 6) is -1.79. The minimum Gasteiger partial charge on any atom is -0.462 e. The van der Waals surface area contributed by atoms with Crippen molar-refractivity contribution in [3.63, 3.8) is 0 Å². The van der Waals surface area contributed by atoms with E-state index in [0.717, 1.165) is 38.5 Å². The molecular weight excluding hydrogens is 814 g/mol. The standard InChI is InChI=1S/C52H98NO9P/c1-6-8-10-12-14-16-18-20-21-22-23-24-25-26-27-28-29-31-32-34-36-38-40-42-51(56)60-46-49(47-61-63(58,59)48(3)53(4,5)45-44-50(54)55)62-52(57)43-41-39-37-35-33-30-19-17-15-13-11-9-7-2/h18,20,32-35,48-50,54-55H,6-17,19,21-31,36-47H2,1-5H3/p+1/b20-18-,34-32-,35-33-/t48?,49-/m1/s1. The van der Waals surface area contributed by atoms with Gasteiger partial charge < -0.3 is 33.6 Å². The Kier molecular flexibility index (Phi) is 41.6. The number of allylic oxidation sites excluding steroid dienone is 6. The van der Waals surface area contributed by atoms with Crippen molar-refractivity contribution in [3.05, 3.63) is 36.5 Å². The second-order valence-corrected chi connectivity index (χ2v) is 20.6. The number of nitrogens with zero attached hydrogens (tertiary/aromatic N) is 1. The van der Waals surface area contributed by atoms with Crippen LogP contribution in [0.25, 0.3) is 0 Å². The minimum atomic E-state index is -4.25. The third-order valence-electron chi connectivity index (χ3n) is 12.1. The average Bonchev–Trinajstić information content (AvgIpc) is 3.25. The smallest absolute Gasteiger partial charge is 0.384 e. The van der Waals surface area contributed by atoms with Gasteiger partial charge >= 0.3 is 19.5 Å². The number of rotatable bonds is 46. The summed E-state index contributed by atoms with van der Waals surface area (Å²) < 4.78 is 29.9. The lowest BCUT2D eigenvalue weighted by atomic mass is 10.1. The second kappa shape index (κ2) is 42.8. The van der Waals surface area contributed by atoms with Gasteiger partial charge in [0.05, 0.1) is 27.2 Å². The van der Waals surface area contributed by atoms with Gasteiger partial charge in [0, 0.05) is 19.3 Å². The van der Waals surface area contributed by atoms with Gasteiger partial charge in [-0.2, -0.15) is 0 Å². The highest BCUT2D eigenvalue weighted by Gasteiger charge is 2.42. The van der Waals surface area contributed by atoms with Crippen molar-refractivity contribution >= 4 is 19.5 Å². The summed E-state index contributed by atoms with van der Waals surface area (Å²) in [5, 5.41) is 18.6. The number of hydrogen-bond donors (Lipinski definition) is 3. The van der Waals surface area contributed by atoms with Gasteiger partial charge in [-0.3, -0.25) is 14.2 Å². The highest BCUT2D eigenvalue weighted by atomic mass is 31.2. The highest BCUT2D eigenvalue weighted by molar-refractivity contribution is 7.53. The van der Waals surface area contributed by atoms with Crippen molar-refractivity contribution in [2.45, 2.75) is 251 Å². The molecule has 0 amide bonds. The van der Waals surface area contributed by atoms with E-state index in [0.29, 0.717) is 12.8 Å². The molecule has 10 nitrogen and oxygen atoms in total. The molecule has 0 aromatic carbocycles. The monoisotopic (exact) mass is 913 g/mol. The number of carbonyl (C=O) groups excluding carboxylic acids is 2. The van der Waals surface area contributed by atoms with Gasteiger partial charge in [-0.1, -0.05) is 153 Å². The summed E-state index contributed by atoms with van der Waals surface area (Å²) in [4.78, 5) is 36.3. The van der Waals surface area contributed by atoms with Gasteiger partial charge in [-0.25, -0.2) is 0 Å². The molecule has 0 radical (unpaired) electrons. The lowest BCUT2D eigenvalue weighted by molar-refractivity contribution is -0.901. The topological polar surface area (TPSA) is 140 Å². The Morgan fingerprint density at radius 2 is 0.889 bits per heavy atom. The number of ether oxygens (including phenoxy) is 2. The van der Waals surface area contributed by atoms with E-state index in [1.54, 1.807) is 21.0 Å². The first-order valence-corrected chi connectivity index (χ1v) is 27.5. The zero-order valence-electron chi connectivity index (χ0n) is 41.3. The minimum absolute atomic E-state index is 0.00560. The predicted molar refractivity (Wildman–Crippen MR) is 262 cm³/mol. The number of quaternary nitrogens is 1. The Balaban J connectivity index is 4.48. The summed E-state index contributed by atoms with van der Waals surface area (Å²) in [6.45, 7) is 5.60. The van der Waals surface area contributed by atoms with Gasteiger partial charge in [0.2, 0.25) is 0 Å². The Morgan fingerprint density at radius 3 is 1.27 bits per heavy atom. The molecule has 0 heterocycles. The summed E-state index contributed by atoms with van der Waals surface area (Å²) in [7, 11) is -0.835. The van der Waals surface area contributed by atoms with E-state index in [4.69, 9.17) is 14.0 Å². The van der Waals surface area contributed by atoms with Crippen molar-refractivity contribution in [3.8, 4) is 0 Å². The lowest BCUT2D eigenvalue weighted by Gasteiger charge is -2.37. The molecule has 0 rings (SSSR count). The molecule has 0 aliphatic carbocycles. The summed E-state index contributed by atoms with van der Waals surface area (Å²) >= 11 is 0. The molecule has 0 aliphatic heterocycles. The Bertz CT molecular complexity index is 1200. The normalized spacial score (nSPS) is 14.3. The molecule has 0 spiro atoms. The molecule has 0 aliphatic rings. The first-order chi connectivity index (χ1) is 30.4. The molecule has 0 saturated carbocycles. The van der Waals surface area contributed by atoms with Crippen LogP contribution in [0.2, 0.25) is 0 Å². The third-order valence-corrected chi connectivity index (χ3v) is 14.2. The quantitative estimate of drug-likeness (QED) is 0.0136. The molecule has 0 fully saturated rings. The Morgan fingerprint density at radius 1 is 0.540 bits per heavy atom. The first-order valence-electron chi connectivity index (χ1n) is 25.8. The maximum absolute atomic E-state index is 13.3. The third kappa shape index (κ3) is 40.2. The summed E-state index contributed by atoms with van der Waals surface area (Å²) in [6.07, 6.45) is 47.3. The van der Waals surface area contributed by atoms with E-state index in [1.165, 1.54) is 141 Å². The summed E-state index contributed by atoms with van der Waals surface area (Å²) in [5.41, 5.74) is 0. The predicted octanol–water partition coefficient (Wildman–Crippen LogP) is 14.0. The number of carbonyl (C=O) groups is 2. The van der Waals surface area contributed by atoms with E-state index in [1.807, 2.05) is 0 Å². The number of aliphatic hydroxyl groups is 2. The van der Waals surface area contributed by atoms with Gasteiger partial charge in [0.25, 0.3) is 0 Å². The van der Waals surface area contributed by atoms with Crippen LogP contribution in [0.1, 0.15) is 233 Å². The molecule has 3 atom stereocenters. The van der Waals surface area contributed by atoms with Crippen LogP contribution in [0.4, 0.5) is 0 Å². The largest absolute Gasteiger partial charge is 0.462 e. The maximum Gasteiger partial charge on any atom is 0.384 e. The van der Waals surface area contributed by atoms with Crippen LogP contribution >= 0.6 is 7.60 Å². The van der Waals surface area contributed by atoms with Crippen LogP contribution in [0, 0.1) is 0 Å². The van der Waals surface area contributed by atoms with Crippen LogP contribution in [0.15, 0.2) is 36.5 Å². The molecule has 0 aromatic rings. The van der Waals surface area contributed by atoms with E-state index < -0.39 is 44.3 Å². The van der Waals surface area contributed by atoms with Crippen LogP contribution in [-0.2, 0) is 28.2 Å². The molecule has 0 saturated heterocycles. The number of unbranched alkanes of at least 4 members (excludes halogenated alkanes) is 25. The van der Waals surface area contributed by atoms with E-state index in [9.17, 15) is 29.3 Å². The summed E-state index contributed by atoms with van der Waals surface area (Å²) in [6, 6.07) is 0. The zero-order valence-corrected chi connectivity index (χ0v) is 42.2. The van der Waals surface area contributed by atoms with Gasteiger partial charge in [-0.05, 0) is 96.8 Å². The lowest BCUT2D eigenvalue weighted by Crippen LogP contribution is -2.49. The zero-order chi connectivity index (χ0) is 46.7. The number of esters is 2. The molecule has 3 N–H and O–H groups in total. The molecule has 370 valence electrons. The van der Waals surface area contributed by atoms with Crippen molar-refractivity contribution < 1.29 is 47.7 Å². The Labute approximate surface area is 387 Å². The van der Waals surface area contributed by atoms with E-state index in [2.05, 4.69) is 50.3 Å². The maximum atomic E-state index is 13.3. The van der Waals surface area contributed by atoms with Crippen LogP contribution < -0.4 is 0 Å². The van der Waals surface area contributed by atoms with Gasteiger partial charge in [-0.15, -0.1) is 0 Å². The fourth-order valence-electron chi connectivity index (χ4n) is 7.39. The van der Waals surface area contributed by atoms with Crippen molar-refractivity contribution in [2.24, 2.45) is 0 Å². The number of aliphatic hydroxyl groups excluding tert-OH is 1. The Hall–Kier alpha value is -1.81. The fourth-order valence-corrected chi connectivity index (χ4v) is 8.89. The van der Waals surface area contributed by atoms with Crippen LogP contribution in [-0.4, -0.2) is 83.6 Å². The van der Waals surface area contributed by atoms with E-state index >= 15 is 0 Å². The average molecular weight is 913 g/mol. The van der Waals surface area contributed by atoms with Crippen molar-refractivity contribution in [1.29, 1.82) is 0 Å². The molecule has 0 bridgehead atoms.